The third-order valence-electron chi connectivity index (χ3n) is 4.96. The first-order chi connectivity index (χ1) is 15.1. The molecule has 0 aliphatic heterocycles. The number of rotatable bonds is 7. The molecule has 0 heterocycles. The van der Waals surface area contributed by atoms with E-state index in [2.05, 4.69) is 4.74 Å². The molecule has 3 aromatic carbocycles. The summed E-state index contributed by atoms with van der Waals surface area (Å²) in [4.78, 5) is 0. The van der Waals surface area contributed by atoms with Crippen molar-refractivity contribution in [2.45, 2.75) is 39.0 Å². The number of aromatic hydroxyl groups is 1. The van der Waals surface area contributed by atoms with Crippen molar-refractivity contribution in [1.29, 1.82) is 0 Å². The summed E-state index contributed by atoms with van der Waals surface area (Å²) in [7, 11) is 0. The van der Waals surface area contributed by atoms with E-state index >= 15 is 4.39 Å². The average molecular weight is 454 g/mol. The summed E-state index contributed by atoms with van der Waals surface area (Å²) in [6, 6.07) is 10.5. The Hall–Kier alpha value is -3.16. The van der Waals surface area contributed by atoms with Crippen LogP contribution in [0.1, 0.15) is 30.0 Å². The van der Waals surface area contributed by atoms with E-state index in [9.17, 15) is 27.1 Å². The molecule has 32 heavy (non-hydrogen) atoms. The summed E-state index contributed by atoms with van der Waals surface area (Å²) < 4.78 is 83.8. The van der Waals surface area contributed by atoms with Crippen molar-refractivity contribution in [3.05, 3.63) is 82.7 Å². The highest BCUT2D eigenvalue weighted by atomic mass is 19.4. The van der Waals surface area contributed by atoms with Gasteiger partial charge in [0.15, 0.2) is 11.6 Å². The number of hydrogen-bond acceptors (Lipinski definition) is 2. The average Bonchev–Trinajstić information content (AvgIpc) is 2.70. The normalized spacial score (nSPS) is 11.6. The van der Waals surface area contributed by atoms with Crippen molar-refractivity contribution in [1.82, 2.24) is 0 Å². The van der Waals surface area contributed by atoms with Gasteiger partial charge in [-0.05, 0) is 48.1 Å². The standard InChI is InChI=1S/C24H20F6O2/c1-2-3-14-4-8-16(9-5-14)22-20(31)13-18(25)17(23(22)27)10-6-15-7-11-21(19(26)12-15)32-24(28,29)30/h4-5,7-9,11-13,31H,2-3,6,10H2,1H3. The third-order valence-corrected chi connectivity index (χ3v) is 4.96. The van der Waals surface area contributed by atoms with E-state index in [1.165, 1.54) is 6.07 Å². The van der Waals surface area contributed by atoms with E-state index in [1.807, 2.05) is 6.92 Å². The molecule has 0 aliphatic carbocycles. The van der Waals surface area contributed by atoms with Gasteiger partial charge in [-0.2, -0.15) is 0 Å². The minimum absolute atomic E-state index is 0.0449. The number of hydrogen-bond donors (Lipinski definition) is 1. The highest BCUT2D eigenvalue weighted by molar-refractivity contribution is 5.72. The van der Waals surface area contributed by atoms with Gasteiger partial charge in [-0.1, -0.05) is 43.7 Å². The van der Waals surface area contributed by atoms with Crippen LogP contribution in [0.4, 0.5) is 26.3 Å². The van der Waals surface area contributed by atoms with Crippen LogP contribution in [-0.2, 0) is 19.3 Å². The minimum atomic E-state index is -5.04. The van der Waals surface area contributed by atoms with Crippen LogP contribution < -0.4 is 4.74 Å². The van der Waals surface area contributed by atoms with E-state index < -0.39 is 35.3 Å². The first kappa shape index (κ1) is 23.5. The number of benzene rings is 3. The molecule has 8 heteroatoms. The van der Waals surface area contributed by atoms with Gasteiger partial charge in [0.2, 0.25) is 0 Å². The molecule has 0 atom stereocenters. The molecule has 170 valence electrons. The number of phenols is 1. The molecule has 0 spiro atoms. The molecule has 0 amide bonds. The van der Waals surface area contributed by atoms with Crippen LogP contribution in [0, 0.1) is 17.5 Å². The lowest BCUT2D eigenvalue weighted by atomic mass is 9.95. The van der Waals surface area contributed by atoms with Gasteiger partial charge in [-0.15, -0.1) is 13.2 Å². The smallest absolute Gasteiger partial charge is 0.507 e. The van der Waals surface area contributed by atoms with Crippen LogP contribution in [0.15, 0.2) is 48.5 Å². The van der Waals surface area contributed by atoms with Crippen LogP contribution in [-0.4, -0.2) is 11.5 Å². The van der Waals surface area contributed by atoms with Gasteiger partial charge in [-0.3, -0.25) is 0 Å². The second kappa shape index (κ2) is 9.54. The molecule has 2 nitrogen and oxygen atoms in total. The van der Waals surface area contributed by atoms with E-state index in [0.29, 0.717) is 5.56 Å². The molecule has 0 radical (unpaired) electrons. The molecule has 1 N–H and O–H groups in total. The van der Waals surface area contributed by atoms with Crippen molar-refractivity contribution in [3.8, 4) is 22.6 Å². The largest absolute Gasteiger partial charge is 0.573 e. The SMILES string of the molecule is CCCc1ccc(-c2c(O)cc(F)c(CCc3ccc(OC(F)(F)F)c(F)c3)c2F)cc1. The van der Waals surface area contributed by atoms with Gasteiger partial charge in [0.05, 0.1) is 5.56 Å². The zero-order valence-electron chi connectivity index (χ0n) is 17.1. The lowest BCUT2D eigenvalue weighted by Gasteiger charge is -2.13. The fraction of sp³-hybridized carbons (Fsp3) is 0.250. The summed E-state index contributed by atoms with van der Waals surface area (Å²) in [5.41, 5.74) is 1.18. The zero-order valence-corrected chi connectivity index (χ0v) is 17.1. The van der Waals surface area contributed by atoms with Crippen molar-refractivity contribution in [2.75, 3.05) is 0 Å². The van der Waals surface area contributed by atoms with Crippen LogP contribution in [0.3, 0.4) is 0 Å². The summed E-state index contributed by atoms with van der Waals surface area (Å²) in [6.45, 7) is 2.02. The minimum Gasteiger partial charge on any atom is -0.507 e. The van der Waals surface area contributed by atoms with E-state index in [-0.39, 0.29) is 29.5 Å². The van der Waals surface area contributed by atoms with Crippen molar-refractivity contribution >= 4 is 0 Å². The maximum absolute atomic E-state index is 15.1. The number of ether oxygens (including phenoxy) is 1. The van der Waals surface area contributed by atoms with Crippen LogP contribution >= 0.6 is 0 Å². The summed E-state index contributed by atoms with van der Waals surface area (Å²) in [5.74, 6) is -4.69. The fourth-order valence-electron chi connectivity index (χ4n) is 3.45. The lowest BCUT2D eigenvalue weighted by molar-refractivity contribution is -0.275. The number of phenolic OH excluding ortho intramolecular Hbond substituents is 1. The van der Waals surface area contributed by atoms with Crippen LogP contribution in [0.25, 0.3) is 11.1 Å². The molecular formula is C24H20F6O2. The predicted octanol–water partition coefficient (Wildman–Crippen LogP) is 7.11. The number of aryl methyl sites for hydroxylation is 2. The topological polar surface area (TPSA) is 29.5 Å². The molecule has 0 unspecified atom stereocenters. The first-order valence-electron chi connectivity index (χ1n) is 9.92. The molecular weight excluding hydrogens is 434 g/mol. The van der Waals surface area contributed by atoms with Gasteiger partial charge in [0, 0.05) is 11.6 Å². The fourth-order valence-corrected chi connectivity index (χ4v) is 3.45. The van der Waals surface area contributed by atoms with Crippen LogP contribution in [0.5, 0.6) is 11.5 Å². The summed E-state index contributed by atoms with van der Waals surface area (Å²) in [6.07, 6.45) is -3.50. The van der Waals surface area contributed by atoms with E-state index in [1.54, 1.807) is 24.3 Å². The molecule has 0 aliphatic rings. The second-order valence-corrected chi connectivity index (χ2v) is 7.30. The number of alkyl halides is 3. The van der Waals surface area contributed by atoms with Gasteiger partial charge in [0.25, 0.3) is 0 Å². The van der Waals surface area contributed by atoms with Gasteiger partial charge in [-0.25, -0.2) is 13.2 Å². The molecule has 0 bridgehead atoms. The third kappa shape index (κ3) is 5.55. The van der Waals surface area contributed by atoms with Crippen molar-refractivity contribution < 1.29 is 36.2 Å². The van der Waals surface area contributed by atoms with Crippen molar-refractivity contribution in [2.24, 2.45) is 0 Å². The monoisotopic (exact) mass is 454 g/mol. The Morgan fingerprint density at radius 1 is 0.812 bits per heavy atom. The van der Waals surface area contributed by atoms with Crippen LogP contribution in [0.2, 0.25) is 0 Å². The predicted molar refractivity (Wildman–Crippen MR) is 108 cm³/mol. The first-order valence-corrected chi connectivity index (χ1v) is 9.92. The van der Waals surface area contributed by atoms with E-state index in [0.717, 1.165) is 36.6 Å². The molecule has 3 rings (SSSR count). The lowest BCUT2D eigenvalue weighted by Crippen LogP contribution is -2.18. The van der Waals surface area contributed by atoms with Gasteiger partial charge in [0.1, 0.15) is 17.4 Å². The van der Waals surface area contributed by atoms with E-state index in [4.69, 9.17) is 0 Å². The molecule has 3 aromatic rings. The highest BCUT2D eigenvalue weighted by Crippen LogP contribution is 2.36. The Balaban J connectivity index is 1.84. The van der Waals surface area contributed by atoms with Gasteiger partial charge < -0.3 is 9.84 Å². The zero-order chi connectivity index (χ0) is 23.5. The quantitative estimate of drug-likeness (QED) is 0.386. The second-order valence-electron chi connectivity index (χ2n) is 7.30. The Morgan fingerprint density at radius 3 is 2.06 bits per heavy atom. The highest BCUT2D eigenvalue weighted by Gasteiger charge is 2.32. The molecule has 0 aromatic heterocycles. The Bertz CT molecular complexity index is 1090. The number of halogens is 6. The summed E-state index contributed by atoms with van der Waals surface area (Å²) >= 11 is 0. The van der Waals surface area contributed by atoms with Gasteiger partial charge >= 0.3 is 6.36 Å². The molecule has 0 fully saturated rings. The Kier molecular flexibility index (Phi) is 7.01. The van der Waals surface area contributed by atoms with Crippen molar-refractivity contribution in [3.63, 3.8) is 0 Å². The summed E-state index contributed by atoms with van der Waals surface area (Å²) in [5, 5.41) is 10.1. The maximum Gasteiger partial charge on any atom is 0.573 e. The molecule has 0 saturated carbocycles. The molecule has 0 saturated heterocycles. The maximum atomic E-state index is 15.1. The Morgan fingerprint density at radius 2 is 1.47 bits per heavy atom. The Labute approximate surface area is 181 Å².